The highest BCUT2D eigenvalue weighted by Gasteiger charge is 2.27. The molecule has 3 nitrogen and oxygen atoms in total. The summed E-state index contributed by atoms with van der Waals surface area (Å²) < 4.78 is 0. The number of hydrogen-bond acceptors (Lipinski definition) is 4. The van der Waals surface area contributed by atoms with Crippen LogP contribution in [-0.4, -0.2) is 16.6 Å². The van der Waals surface area contributed by atoms with Gasteiger partial charge in [0, 0.05) is 34.2 Å². The molecule has 3 rings (SSSR count). The molecule has 0 radical (unpaired) electrons. The van der Waals surface area contributed by atoms with Gasteiger partial charge >= 0.3 is 0 Å². The minimum absolute atomic E-state index is 0.0231. The zero-order valence-electron chi connectivity index (χ0n) is 17.8. The van der Waals surface area contributed by atoms with Crippen molar-refractivity contribution in [2.45, 2.75) is 47.0 Å². The highest BCUT2D eigenvalue weighted by molar-refractivity contribution is 7.13. The summed E-state index contributed by atoms with van der Waals surface area (Å²) in [6, 6.07) is 14.2. The number of thiazole rings is 1. The highest BCUT2D eigenvalue weighted by Crippen LogP contribution is 2.36. The summed E-state index contributed by atoms with van der Waals surface area (Å²) in [6.45, 7) is 7.29. The van der Waals surface area contributed by atoms with Gasteiger partial charge in [0.1, 0.15) is 16.6 Å². The van der Waals surface area contributed by atoms with E-state index in [4.69, 9.17) is 16.6 Å². The largest absolute Gasteiger partial charge is 0.299 e. The maximum atomic E-state index is 12.5. The lowest BCUT2D eigenvalue weighted by atomic mass is 9.83. The summed E-state index contributed by atoms with van der Waals surface area (Å²) in [7, 11) is 0. The number of nitrogens with zero attached hydrogens (tertiary/aromatic N) is 1. The van der Waals surface area contributed by atoms with Crippen molar-refractivity contribution in [2.24, 2.45) is 5.41 Å². The molecule has 0 spiro atoms. The van der Waals surface area contributed by atoms with Crippen LogP contribution in [0, 0.1) is 5.41 Å². The fraction of sp³-hybridized carbons (Fsp3) is 0.320. The number of Topliss-reactive ketones (excluding diaryl/α,β-unsaturated/α-hetero) is 2. The molecule has 3 aromatic rings. The molecule has 0 aliphatic heterocycles. The second kappa shape index (κ2) is 9.23. The predicted molar refractivity (Wildman–Crippen MR) is 125 cm³/mol. The first-order valence-electron chi connectivity index (χ1n) is 10.1. The molecule has 2 aromatic carbocycles. The molecule has 1 aromatic heterocycles. The third-order valence-corrected chi connectivity index (χ3v) is 6.54. The first kappa shape index (κ1) is 22.4. The van der Waals surface area contributed by atoms with Gasteiger partial charge < -0.3 is 0 Å². The number of aromatic nitrogens is 1. The maximum absolute atomic E-state index is 12.5. The Morgan fingerprint density at radius 1 is 1.10 bits per heavy atom. The Hall–Kier alpha value is -2.30. The van der Waals surface area contributed by atoms with Crippen molar-refractivity contribution in [3.8, 4) is 21.7 Å². The molecule has 0 aliphatic carbocycles. The summed E-state index contributed by atoms with van der Waals surface area (Å²) in [6.07, 6.45) is 1.43. The SMILES string of the molecule is CCc1cccc(-c2cc(Cl)ccc2-c2nc(CC(=O)CC(C)(C)C(C)=O)cs2)c1. The predicted octanol–water partition coefficient (Wildman–Crippen LogP) is 6.81. The van der Waals surface area contributed by atoms with Gasteiger partial charge in [-0.2, -0.15) is 0 Å². The van der Waals surface area contributed by atoms with E-state index in [9.17, 15) is 9.59 Å². The summed E-state index contributed by atoms with van der Waals surface area (Å²) >= 11 is 7.82. The van der Waals surface area contributed by atoms with E-state index >= 15 is 0 Å². The molecule has 1 heterocycles. The van der Waals surface area contributed by atoms with Crippen molar-refractivity contribution >= 4 is 34.5 Å². The number of rotatable bonds is 8. The van der Waals surface area contributed by atoms with Crippen LogP contribution < -0.4 is 0 Å². The lowest BCUT2D eigenvalue weighted by molar-refractivity contribution is -0.130. The topological polar surface area (TPSA) is 47.0 Å². The second-order valence-corrected chi connectivity index (χ2v) is 9.51. The van der Waals surface area contributed by atoms with Crippen LogP contribution in [0.3, 0.4) is 0 Å². The molecular formula is C25H26ClNO2S. The van der Waals surface area contributed by atoms with Crippen molar-refractivity contribution in [1.82, 2.24) is 4.98 Å². The van der Waals surface area contributed by atoms with Crippen molar-refractivity contribution in [1.29, 1.82) is 0 Å². The van der Waals surface area contributed by atoms with Gasteiger partial charge in [-0.05, 0) is 48.2 Å². The first-order chi connectivity index (χ1) is 14.2. The molecule has 0 atom stereocenters. The van der Waals surface area contributed by atoms with Gasteiger partial charge in [-0.15, -0.1) is 11.3 Å². The minimum Gasteiger partial charge on any atom is -0.299 e. The third kappa shape index (κ3) is 5.24. The van der Waals surface area contributed by atoms with Crippen molar-refractivity contribution in [3.63, 3.8) is 0 Å². The van der Waals surface area contributed by atoms with E-state index in [1.165, 1.54) is 23.8 Å². The van der Waals surface area contributed by atoms with E-state index < -0.39 is 5.41 Å². The van der Waals surface area contributed by atoms with Crippen LogP contribution in [0.1, 0.15) is 45.4 Å². The highest BCUT2D eigenvalue weighted by atomic mass is 35.5. The lowest BCUT2D eigenvalue weighted by Gasteiger charge is -2.19. The molecule has 5 heteroatoms. The number of ketones is 2. The number of carbonyl (C=O) groups is 2. The summed E-state index contributed by atoms with van der Waals surface area (Å²) in [4.78, 5) is 28.9. The first-order valence-corrected chi connectivity index (χ1v) is 11.3. The van der Waals surface area contributed by atoms with Crippen molar-refractivity contribution in [3.05, 3.63) is 64.1 Å². The number of aryl methyl sites for hydroxylation is 1. The molecule has 0 N–H and O–H groups in total. The van der Waals surface area contributed by atoms with Crippen LogP contribution in [0.25, 0.3) is 21.7 Å². The van der Waals surface area contributed by atoms with Crippen LogP contribution in [0.15, 0.2) is 47.8 Å². The Bertz CT molecular complexity index is 1080. The van der Waals surface area contributed by atoms with E-state index in [2.05, 4.69) is 31.2 Å². The van der Waals surface area contributed by atoms with E-state index in [0.717, 1.165) is 33.8 Å². The lowest BCUT2D eigenvalue weighted by Crippen LogP contribution is -2.25. The molecule has 0 saturated heterocycles. The monoisotopic (exact) mass is 439 g/mol. The quantitative estimate of drug-likeness (QED) is 0.387. The fourth-order valence-corrected chi connectivity index (χ4v) is 4.33. The Morgan fingerprint density at radius 2 is 1.87 bits per heavy atom. The van der Waals surface area contributed by atoms with Gasteiger partial charge in [0.25, 0.3) is 0 Å². The van der Waals surface area contributed by atoms with Crippen LogP contribution >= 0.6 is 22.9 Å². The zero-order valence-corrected chi connectivity index (χ0v) is 19.4. The Balaban J connectivity index is 1.88. The molecule has 0 amide bonds. The van der Waals surface area contributed by atoms with E-state index in [0.29, 0.717) is 5.02 Å². The molecule has 0 bridgehead atoms. The van der Waals surface area contributed by atoms with Gasteiger partial charge in [0.05, 0.1) is 5.69 Å². The Labute approximate surface area is 187 Å². The summed E-state index contributed by atoms with van der Waals surface area (Å²) in [5, 5.41) is 3.46. The molecule has 30 heavy (non-hydrogen) atoms. The van der Waals surface area contributed by atoms with Gasteiger partial charge in [0.2, 0.25) is 0 Å². The number of carbonyl (C=O) groups excluding carboxylic acids is 2. The Morgan fingerprint density at radius 3 is 2.57 bits per heavy atom. The molecular weight excluding hydrogens is 414 g/mol. The van der Waals surface area contributed by atoms with Crippen molar-refractivity contribution in [2.75, 3.05) is 0 Å². The molecule has 0 saturated carbocycles. The smallest absolute Gasteiger partial charge is 0.139 e. The zero-order chi connectivity index (χ0) is 21.9. The van der Waals surface area contributed by atoms with E-state index in [1.807, 2.05) is 37.4 Å². The maximum Gasteiger partial charge on any atom is 0.139 e. The average Bonchev–Trinajstić information content (AvgIpc) is 3.15. The van der Waals surface area contributed by atoms with Gasteiger partial charge in [-0.25, -0.2) is 4.98 Å². The third-order valence-electron chi connectivity index (χ3n) is 5.38. The van der Waals surface area contributed by atoms with E-state index in [-0.39, 0.29) is 24.4 Å². The van der Waals surface area contributed by atoms with Crippen LogP contribution in [0.5, 0.6) is 0 Å². The summed E-state index contributed by atoms with van der Waals surface area (Å²) in [5.41, 5.74) is 4.49. The molecule has 0 unspecified atom stereocenters. The van der Waals surface area contributed by atoms with Crippen LogP contribution in [-0.2, 0) is 22.4 Å². The number of hydrogen-bond donors (Lipinski definition) is 0. The molecule has 0 aliphatic rings. The van der Waals surface area contributed by atoms with Gasteiger partial charge in [-0.3, -0.25) is 9.59 Å². The standard InChI is InChI=1S/C25H26ClNO2S/c1-5-17-7-6-8-18(11-17)23-12-19(26)9-10-22(23)24-27-20(15-30-24)13-21(29)14-25(3,4)16(2)28/h6-12,15H,5,13-14H2,1-4H3. The van der Waals surface area contributed by atoms with Crippen LogP contribution in [0.4, 0.5) is 0 Å². The molecule has 156 valence electrons. The number of benzene rings is 2. The van der Waals surface area contributed by atoms with Crippen molar-refractivity contribution < 1.29 is 9.59 Å². The second-order valence-electron chi connectivity index (χ2n) is 8.22. The minimum atomic E-state index is -0.635. The number of halogens is 1. The van der Waals surface area contributed by atoms with E-state index in [1.54, 1.807) is 0 Å². The van der Waals surface area contributed by atoms with Gasteiger partial charge in [-0.1, -0.05) is 56.6 Å². The Kier molecular flexibility index (Phi) is 6.89. The van der Waals surface area contributed by atoms with Crippen LogP contribution in [0.2, 0.25) is 5.02 Å². The fourth-order valence-electron chi connectivity index (χ4n) is 3.29. The summed E-state index contributed by atoms with van der Waals surface area (Å²) in [5.74, 6) is 0.0500. The normalized spacial score (nSPS) is 11.5. The van der Waals surface area contributed by atoms with Gasteiger partial charge in [0.15, 0.2) is 0 Å². The molecule has 0 fully saturated rings. The average molecular weight is 440 g/mol.